The third-order valence-electron chi connectivity index (χ3n) is 8.71. The minimum atomic E-state index is 0.158. The number of hydrogen-bond donors (Lipinski definition) is 1. The van der Waals surface area contributed by atoms with Crippen molar-refractivity contribution < 1.29 is 14.6 Å². The van der Waals surface area contributed by atoms with Crippen LogP contribution >= 0.6 is 0 Å². The Hall–Kier alpha value is -2.98. The van der Waals surface area contributed by atoms with Gasteiger partial charge >= 0.3 is 0 Å². The van der Waals surface area contributed by atoms with Gasteiger partial charge in [0.15, 0.2) is 0 Å². The Bertz CT molecular complexity index is 1140. The lowest BCUT2D eigenvalue weighted by Gasteiger charge is -2.34. The lowest BCUT2D eigenvalue weighted by molar-refractivity contribution is 0.247. The topological polar surface area (TPSA) is 41.9 Å². The lowest BCUT2D eigenvalue weighted by atomic mass is 9.76. The first kappa shape index (κ1) is 28.5. The summed E-state index contributed by atoms with van der Waals surface area (Å²) < 4.78 is 12.2. The SMILES string of the molecule is Oc1ccc2c(c1)OC[C@H](c1ccccc1)C2c1ccc(OCCCCCCCCCCCN2CCCC2)cc1. The van der Waals surface area contributed by atoms with E-state index in [9.17, 15) is 5.11 Å². The van der Waals surface area contributed by atoms with Crippen LogP contribution in [0.25, 0.3) is 0 Å². The molecule has 4 heteroatoms. The van der Waals surface area contributed by atoms with Crippen molar-refractivity contribution in [3.63, 3.8) is 0 Å². The maximum absolute atomic E-state index is 10.0. The second kappa shape index (κ2) is 15.1. The maximum Gasteiger partial charge on any atom is 0.126 e. The van der Waals surface area contributed by atoms with Crippen LogP contribution in [0.1, 0.15) is 99.2 Å². The zero-order valence-electron chi connectivity index (χ0n) is 24.1. The molecule has 0 spiro atoms. The summed E-state index contributed by atoms with van der Waals surface area (Å²) in [4.78, 5) is 2.64. The fourth-order valence-electron chi connectivity index (χ4n) is 6.44. The number of likely N-dealkylation sites (tertiary alicyclic amines) is 1. The standard InChI is InChI=1S/C36H47NO3/c38-31-19-22-33-35(27-31)40-28-34(29-15-9-8-10-16-29)36(33)30-17-20-32(21-18-30)39-26-14-7-5-3-1-2-4-6-11-23-37-24-12-13-25-37/h8-10,15-22,27,34,36,38H,1-7,11-14,23-26,28H2/t34-,36?/m1/s1. The molecule has 0 aliphatic carbocycles. The van der Waals surface area contributed by atoms with Crippen molar-refractivity contribution in [2.45, 2.75) is 82.5 Å². The Labute approximate surface area is 241 Å². The monoisotopic (exact) mass is 541 g/mol. The molecule has 0 radical (unpaired) electrons. The summed E-state index contributed by atoms with van der Waals surface area (Å²) in [5.41, 5.74) is 3.63. The fraction of sp³-hybridized carbons (Fsp3) is 0.500. The largest absolute Gasteiger partial charge is 0.508 e. The third-order valence-corrected chi connectivity index (χ3v) is 8.71. The number of fused-ring (bicyclic) bond motifs is 1. The van der Waals surface area contributed by atoms with Crippen LogP contribution in [0, 0.1) is 0 Å². The number of unbranched alkanes of at least 4 members (excludes halogenated alkanes) is 8. The number of nitrogens with zero attached hydrogens (tertiary/aromatic N) is 1. The van der Waals surface area contributed by atoms with Gasteiger partial charge in [-0.1, -0.05) is 93.5 Å². The Morgan fingerprint density at radius 2 is 1.40 bits per heavy atom. The minimum Gasteiger partial charge on any atom is -0.508 e. The first-order chi connectivity index (χ1) is 19.8. The van der Waals surface area contributed by atoms with E-state index in [0.717, 1.165) is 30.1 Å². The van der Waals surface area contributed by atoms with E-state index >= 15 is 0 Å². The molecule has 2 aliphatic heterocycles. The van der Waals surface area contributed by atoms with Crippen molar-refractivity contribution in [2.75, 3.05) is 32.8 Å². The van der Waals surface area contributed by atoms with E-state index in [-0.39, 0.29) is 17.6 Å². The Morgan fingerprint density at radius 3 is 2.12 bits per heavy atom. The molecular formula is C36H47NO3. The molecule has 0 bridgehead atoms. The molecule has 2 aliphatic rings. The summed E-state index contributed by atoms with van der Waals surface area (Å²) in [5.74, 6) is 2.32. The Balaban J connectivity index is 1.03. The molecular weight excluding hydrogens is 494 g/mol. The quantitative estimate of drug-likeness (QED) is 0.195. The molecule has 0 aromatic heterocycles. The molecule has 214 valence electrons. The Kier molecular flexibility index (Phi) is 10.8. The van der Waals surface area contributed by atoms with Gasteiger partial charge in [-0.2, -0.15) is 0 Å². The van der Waals surface area contributed by atoms with Gasteiger partial charge in [0.05, 0.1) is 13.2 Å². The third kappa shape index (κ3) is 8.04. The van der Waals surface area contributed by atoms with Crippen LogP contribution in [0.5, 0.6) is 17.2 Å². The second-order valence-electron chi connectivity index (χ2n) is 11.7. The van der Waals surface area contributed by atoms with Crippen LogP contribution < -0.4 is 9.47 Å². The molecule has 3 aromatic carbocycles. The van der Waals surface area contributed by atoms with E-state index in [1.165, 1.54) is 95.0 Å². The fourth-order valence-corrected chi connectivity index (χ4v) is 6.44. The van der Waals surface area contributed by atoms with E-state index in [1.54, 1.807) is 12.1 Å². The van der Waals surface area contributed by atoms with Gasteiger partial charge in [-0.05, 0) is 74.6 Å². The summed E-state index contributed by atoms with van der Waals surface area (Å²) in [6, 6.07) is 24.7. The zero-order chi connectivity index (χ0) is 27.4. The van der Waals surface area contributed by atoms with Gasteiger partial charge in [-0.25, -0.2) is 0 Å². The molecule has 1 fully saturated rings. The number of benzene rings is 3. The average Bonchev–Trinajstić information content (AvgIpc) is 3.51. The smallest absolute Gasteiger partial charge is 0.126 e. The van der Waals surface area contributed by atoms with Gasteiger partial charge in [-0.3, -0.25) is 0 Å². The van der Waals surface area contributed by atoms with Gasteiger partial charge in [0.25, 0.3) is 0 Å². The molecule has 40 heavy (non-hydrogen) atoms. The highest BCUT2D eigenvalue weighted by molar-refractivity contribution is 5.50. The van der Waals surface area contributed by atoms with Gasteiger partial charge in [0, 0.05) is 23.5 Å². The molecule has 1 saturated heterocycles. The van der Waals surface area contributed by atoms with Crippen molar-refractivity contribution in [3.05, 3.63) is 89.5 Å². The van der Waals surface area contributed by atoms with Crippen LogP contribution in [-0.2, 0) is 0 Å². The summed E-state index contributed by atoms with van der Waals surface area (Å²) in [6.45, 7) is 5.36. The molecule has 2 atom stereocenters. The predicted octanol–water partition coefficient (Wildman–Crippen LogP) is 8.69. The van der Waals surface area contributed by atoms with Gasteiger partial charge < -0.3 is 19.5 Å². The van der Waals surface area contributed by atoms with Crippen molar-refractivity contribution in [1.82, 2.24) is 4.90 Å². The molecule has 0 saturated carbocycles. The maximum atomic E-state index is 10.0. The van der Waals surface area contributed by atoms with Crippen molar-refractivity contribution >= 4 is 0 Å². The molecule has 1 N–H and O–H groups in total. The van der Waals surface area contributed by atoms with Gasteiger partial charge in [0.2, 0.25) is 0 Å². The van der Waals surface area contributed by atoms with E-state index in [1.807, 2.05) is 6.07 Å². The number of rotatable bonds is 15. The number of aromatic hydroxyl groups is 1. The molecule has 3 aromatic rings. The van der Waals surface area contributed by atoms with E-state index in [0.29, 0.717) is 6.61 Å². The van der Waals surface area contributed by atoms with Crippen molar-refractivity contribution in [3.8, 4) is 17.2 Å². The van der Waals surface area contributed by atoms with E-state index in [4.69, 9.17) is 9.47 Å². The van der Waals surface area contributed by atoms with Crippen LogP contribution in [0.3, 0.4) is 0 Å². The zero-order valence-corrected chi connectivity index (χ0v) is 24.1. The Morgan fingerprint density at radius 1 is 0.725 bits per heavy atom. The molecule has 4 nitrogen and oxygen atoms in total. The molecule has 1 unspecified atom stereocenters. The lowest BCUT2D eigenvalue weighted by Crippen LogP contribution is -2.25. The summed E-state index contributed by atoms with van der Waals surface area (Å²) >= 11 is 0. The van der Waals surface area contributed by atoms with Crippen molar-refractivity contribution in [2.24, 2.45) is 0 Å². The highest BCUT2D eigenvalue weighted by atomic mass is 16.5. The first-order valence-corrected chi connectivity index (χ1v) is 15.7. The summed E-state index contributed by atoms with van der Waals surface area (Å²) in [5, 5.41) is 10.0. The molecule has 5 rings (SSSR count). The normalized spacial score (nSPS) is 18.8. The number of ether oxygens (including phenoxy) is 2. The van der Waals surface area contributed by atoms with Crippen LogP contribution in [0.2, 0.25) is 0 Å². The van der Waals surface area contributed by atoms with Crippen LogP contribution in [0.15, 0.2) is 72.8 Å². The highest BCUT2D eigenvalue weighted by Crippen LogP contribution is 2.47. The predicted molar refractivity (Wildman–Crippen MR) is 164 cm³/mol. The van der Waals surface area contributed by atoms with Crippen molar-refractivity contribution in [1.29, 1.82) is 0 Å². The molecule has 2 heterocycles. The summed E-state index contributed by atoms with van der Waals surface area (Å²) in [7, 11) is 0. The van der Waals surface area contributed by atoms with E-state index in [2.05, 4.69) is 59.5 Å². The highest BCUT2D eigenvalue weighted by Gasteiger charge is 2.33. The number of phenolic OH excluding ortho intramolecular Hbond substituents is 1. The average molecular weight is 542 g/mol. The van der Waals surface area contributed by atoms with Crippen LogP contribution in [0.4, 0.5) is 0 Å². The van der Waals surface area contributed by atoms with E-state index < -0.39 is 0 Å². The first-order valence-electron chi connectivity index (χ1n) is 15.7. The summed E-state index contributed by atoms with van der Waals surface area (Å²) in [6.07, 6.45) is 14.8. The van der Waals surface area contributed by atoms with Gasteiger partial charge in [-0.15, -0.1) is 0 Å². The molecule has 0 amide bonds. The number of phenols is 1. The van der Waals surface area contributed by atoms with Gasteiger partial charge in [0.1, 0.15) is 17.2 Å². The number of hydrogen-bond acceptors (Lipinski definition) is 4. The van der Waals surface area contributed by atoms with Crippen LogP contribution in [-0.4, -0.2) is 42.9 Å². The minimum absolute atomic E-state index is 0.158. The second-order valence-corrected chi connectivity index (χ2v) is 11.7.